The number of ether oxygens (including phenoxy) is 1. The molecule has 0 fully saturated rings. The highest BCUT2D eigenvalue weighted by atomic mass is 16.5. The van der Waals surface area contributed by atoms with Crippen LogP contribution in [0.2, 0.25) is 0 Å². The first-order chi connectivity index (χ1) is 11.1. The summed E-state index contributed by atoms with van der Waals surface area (Å²) in [5, 5.41) is 3.33. The summed E-state index contributed by atoms with van der Waals surface area (Å²) in [7, 11) is 1.67. The molecule has 4 nitrogen and oxygen atoms in total. The molecule has 3 N–H and O–H groups in total. The number of nitrogens with zero attached hydrogens (tertiary/aromatic N) is 1. The van der Waals surface area contributed by atoms with Gasteiger partial charge in [-0.1, -0.05) is 36.4 Å². The summed E-state index contributed by atoms with van der Waals surface area (Å²) in [4.78, 5) is 3.93. The van der Waals surface area contributed by atoms with Crippen LogP contribution in [0.25, 0.3) is 0 Å². The lowest BCUT2D eigenvalue weighted by atomic mass is 10.2. The molecular weight excluding hydrogens is 286 g/mol. The predicted octanol–water partition coefficient (Wildman–Crippen LogP) is 3.88. The van der Waals surface area contributed by atoms with Crippen LogP contribution in [-0.2, 0) is 6.61 Å². The van der Waals surface area contributed by atoms with Gasteiger partial charge in [0.2, 0.25) is 0 Å². The molecule has 2 aromatic carbocycles. The number of nitrogens with one attached hydrogen (secondary N) is 1. The molecule has 0 aliphatic heterocycles. The number of hydrogen-bond donors (Lipinski definition) is 2. The van der Waals surface area contributed by atoms with Crippen molar-refractivity contribution in [2.24, 2.45) is 10.7 Å². The molecule has 0 aliphatic carbocycles. The van der Waals surface area contributed by atoms with Gasteiger partial charge in [-0.05, 0) is 43.2 Å². The highest BCUT2D eigenvalue weighted by Gasteiger charge is 2.05. The van der Waals surface area contributed by atoms with Crippen LogP contribution < -0.4 is 15.8 Å². The molecule has 120 valence electrons. The van der Waals surface area contributed by atoms with Crippen molar-refractivity contribution in [2.45, 2.75) is 20.5 Å². The van der Waals surface area contributed by atoms with Gasteiger partial charge in [0.15, 0.2) is 0 Å². The predicted molar refractivity (Wildman–Crippen MR) is 96.9 cm³/mol. The van der Waals surface area contributed by atoms with Crippen molar-refractivity contribution in [3.63, 3.8) is 0 Å². The summed E-state index contributed by atoms with van der Waals surface area (Å²) in [6.07, 6.45) is 1.79. The fourth-order valence-corrected chi connectivity index (χ4v) is 2.14. The lowest BCUT2D eigenvalue weighted by molar-refractivity contribution is 0.308. The second-order valence-electron chi connectivity index (χ2n) is 5.37. The van der Waals surface area contributed by atoms with Gasteiger partial charge in [0.05, 0.1) is 5.69 Å². The quantitative estimate of drug-likeness (QED) is 0.629. The highest BCUT2D eigenvalue weighted by molar-refractivity contribution is 5.92. The molecule has 0 saturated heterocycles. The van der Waals surface area contributed by atoms with Crippen molar-refractivity contribution in [1.29, 1.82) is 0 Å². The number of nitrogens with two attached hydrogens (primary N) is 1. The van der Waals surface area contributed by atoms with E-state index in [4.69, 9.17) is 10.5 Å². The first-order valence-electron chi connectivity index (χ1n) is 7.53. The average Bonchev–Trinajstić information content (AvgIpc) is 2.55. The highest BCUT2D eigenvalue weighted by Crippen LogP contribution is 2.27. The maximum Gasteiger partial charge on any atom is 0.143 e. The third-order valence-electron chi connectivity index (χ3n) is 3.33. The summed E-state index contributed by atoms with van der Waals surface area (Å²) >= 11 is 0. The normalized spacial score (nSPS) is 12.1. The standard InChI is InChI=1S/C19H23N3O/c1-14-9-10-18(23-13-16-7-5-4-6-8-16)17(11-14)22-15(2)12-19(20)21-3/h4-12,22H,13H2,1-3H3,(H2,20,21)/b15-12-. The molecule has 0 unspecified atom stereocenters. The van der Waals surface area contributed by atoms with Crippen molar-refractivity contribution >= 4 is 11.5 Å². The average molecular weight is 309 g/mol. The van der Waals surface area contributed by atoms with E-state index in [1.165, 1.54) is 0 Å². The monoisotopic (exact) mass is 309 g/mol. The third-order valence-corrected chi connectivity index (χ3v) is 3.33. The maximum atomic E-state index is 5.96. The van der Waals surface area contributed by atoms with Crippen LogP contribution in [-0.4, -0.2) is 12.9 Å². The number of amidine groups is 1. The Morgan fingerprint density at radius 3 is 2.65 bits per heavy atom. The van der Waals surface area contributed by atoms with Crippen molar-refractivity contribution in [3.05, 3.63) is 71.4 Å². The Balaban J connectivity index is 2.15. The molecule has 0 heterocycles. The Labute approximate surface area is 137 Å². The van der Waals surface area contributed by atoms with Crippen molar-refractivity contribution in [1.82, 2.24) is 0 Å². The van der Waals surface area contributed by atoms with E-state index < -0.39 is 0 Å². The minimum atomic E-state index is 0.481. The summed E-state index contributed by atoms with van der Waals surface area (Å²) in [6.45, 7) is 4.52. The Morgan fingerprint density at radius 1 is 1.22 bits per heavy atom. The van der Waals surface area contributed by atoms with E-state index >= 15 is 0 Å². The Hall–Kier alpha value is -2.75. The molecule has 0 aromatic heterocycles. The Bertz CT molecular complexity index is 706. The number of allylic oxidation sites excluding steroid dienone is 1. The number of hydrogen-bond acceptors (Lipinski definition) is 3. The van der Waals surface area contributed by atoms with Gasteiger partial charge in [0, 0.05) is 12.7 Å². The van der Waals surface area contributed by atoms with Crippen LogP contribution in [0.4, 0.5) is 5.69 Å². The zero-order chi connectivity index (χ0) is 16.7. The fraction of sp³-hybridized carbons (Fsp3) is 0.211. The van der Waals surface area contributed by atoms with E-state index in [0.29, 0.717) is 12.4 Å². The fourth-order valence-electron chi connectivity index (χ4n) is 2.14. The van der Waals surface area contributed by atoms with Gasteiger partial charge in [0.1, 0.15) is 18.2 Å². The van der Waals surface area contributed by atoms with Crippen LogP contribution in [0.1, 0.15) is 18.1 Å². The molecule has 0 saturated carbocycles. The van der Waals surface area contributed by atoms with Crippen molar-refractivity contribution in [2.75, 3.05) is 12.4 Å². The molecule has 0 aliphatic rings. The van der Waals surface area contributed by atoms with Crippen molar-refractivity contribution < 1.29 is 4.74 Å². The molecule has 2 aromatic rings. The lowest BCUT2D eigenvalue weighted by Crippen LogP contribution is -2.10. The minimum absolute atomic E-state index is 0.481. The molecular formula is C19H23N3O. The van der Waals surface area contributed by atoms with Gasteiger partial charge in [-0.3, -0.25) is 4.99 Å². The summed E-state index contributed by atoms with van der Waals surface area (Å²) in [6, 6.07) is 16.2. The number of anilines is 1. The molecule has 0 radical (unpaired) electrons. The number of rotatable bonds is 6. The number of aryl methyl sites for hydroxylation is 1. The minimum Gasteiger partial charge on any atom is -0.487 e. The van der Waals surface area contributed by atoms with Crippen molar-refractivity contribution in [3.8, 4) is 5.75 Å². The largest absolute Gasteiger partial charge is 0.487 e. The van der Waals surface area contributed by atoms with Crippen LogP contribution in [0.3, 0.4) is 0 Å². The second-order valence-corrected chi connectivity index (χ2v) is 5.37. The molecule has 0 spiro atoms. The van der Waals surface area contributed by atoms with Crippen LogP contribution in [0, 0.1) is 6.92 Å². The second kappa shape index (κ2) is 8.03. The van der Waals surface area contributed by atoms with Crippen LogP contribution in [0.5, 0.6) is 5.75 Å². The lowest BCUT2D eigenvalue weighted by Gasteiger charge is -2.14. The van der Waals surface area contributed by atoms with E-state index in [0.717, 1.165) is 28.3 Å². The molecule has 0 amide bonds. The van der Waals surface area contributed by atoms with Gasteiger partial charge >= 0.3 is 0 Å². The van der Waals surface area contributed by atoms with Crippen LogP contribution in [0.15, 0.2) is 65.3 Å². The van der Waals surface area contributed by atoms with Gasteiger partial charge < -0.3 is 15.8 Å². The SMILES string of the molecule is CN=C(N)/C=C(/C)Nc1cc(C)ccc1OCc1ccccc1. The van der Waals surface area contributed by atoms with E-state index in [-0.39, 0.29) is 0 Å². The summed E-state index contributed by atoms with van der Waals surface area (Å²) < 4.78 is 5.96. The number of benzene rings is 2. The smallest absolute Gasteiger partial charge is 0.143 e. The zero-order valence-corrected chi connectivity index (χ0v) is 13.8. The van der Waals surface area contributed by atoms with E-state index in [2.05, 4.69) is 16.4 Å². The topological polar surface area (TPSA) is 59.6 Å². The zero-order valence-electron chi connectivity index (χ0n) is 13.8. The number of aliphatic imine (C=N–C) groups is 1. The van der Waals surface area contributed by atoms with E-state index in [1.807, 2.05) is 56.3 Å². The molecule has 2 rings (SSSR count). The molecule has 4 heteroatoms. The van der Waals surface area contributed by atoms with Gasteiger partial charge in [-0.25, -0.2) is 0 Å². The Kier molecular flexibility index (Phi) is 5.80. The van der Waals surface area contributed by atoms with Gasteiger partial charge in [0.25, 0.3) is 0 Å². The molecule has 0 bridgehead atoms. The van der Waals surface area contributed by atoms with E-state index in [9.17, 15) is 0 Å². The first-order valence-corrected chi connectivity index (χ1v) is 7.53. The third kappa shape index (κ3) is 5.18. The van der Waals surface area contributed by atoms with Gasteiger partial charge in [-0.15, -0.1) is 0 Å². The maximum absolute atomic E-state index is 5.96. The Morgan fingerprint density at radius 2 is 1.96 bits per heavy atom. The van der Waals surface area contributed by atoms with Gasteiger partial charge in [-0.2, -0.15) is 0 Å². The first kappa shape index (κ1) is 16.6. The molecule has 23 heavy (non-hydrogen) atoms. The summed E-state index contributed by atoms with van der Waals surface area (Å²) in [5.74, 6) is 1.29. The van der Waals surface area contributed by atoms with Crippen LogP contribution >= 0.6 is 0 Å². The molecule has 0 atom stereocenters. The van der Waals surface area contributed by atoms with E-state index in [1.54, 1.807) is 13.1 Å². The summed E-state index contributed by atoms with van der Waals surface area (Å²) in [5.41, 5.74) is 9.84.